The van der Waals surface area contributed by atoms with Crippen molar-refractivity contribution in [2.45, 2.75) is 25.0 Å². The second kappa shape index (κ2) is 5.51. The largest absolute Gasteiger partial charge is 0.296 e. The number of nitrogens with zero attached hydrogens (tertiary/aromatic N) is 3. The Hall–Kier alpha value is -1.25. The minimum Gasteiger partial charge on any atom is -0.294 e. The predicted molar refractivity (Wildman–Crippen MR) is 73.8 cm³/mol. The van der Waals surface area contributed by atoms with E-state index in [4.69, 9.17) is 22.3 Å². The van der Waals surface area contributed by atoms with E-state index in [9.17, 15) is 17.2 Å². The van der Waals surface area contributed by atoms with Gasteiger partial charge in [0.05, 0.1) is 10.6 Å². The van der Waals surface area contributed by atoms with Crippen LogP contribution in [0.25, 0.3) is 11.4 Å². The number of aromatic nitrogens is 3. The lowest BCUT2D eigenvalue weighted by Crippen LogP contribution is -2.10. The molecule has 1 aromatic carbocycles. The van der Waals surface area contributed by atoms with Gasteiger partial charge in [0.1, 0.15) is 11.6 Å². The van der Waals surface area contributed by atoms with Gasteiger partial charge in [0, 0.05) is 16.7 Å². The molecule has 0 unspecified atom stereocenters. The van der Waals surface area contributed by atoms with Gasteiger partial charge < -0.3 is 0 Å². The average Bonchev–Trinajstić information content (AvgIpc) is 2.78. The van der Waals surface area contributed by atoms with E-state index in [1.54, 1.807) is 13.8 Å². The third-order valence-electron chi connectivity index (χ3n) is 2.65. The molecule has 1 aromatic heterocycles. The average molecular weight is 356 g/mol. The molecule has 0 aliphatic carbocycles. The highest BCUT2D eigenvalue weighted by Gasteiger charge is 2.26. The molecule has 114 valence electrons. The normalized spacial score (nSPS) is 12.1. The van der Waals surface area contributed by atoms with E-state index in [0.717, 1.165) is 16.7 Å². The molecule has 0 spiro atoms. The fourth-order valence-electron chi connectivity index (χ4n) is 1.79. The Morgan fingerprint density at radius 1 is 1.19 bits per heavy atom. The van der Waals surface area contributed by atoms with Crippen LogP contribution >= 0.6 is 22.3 Å². The quantitative estimate of drug-likeness (QED) is 0.625. The van der Waals surface area contributed by atoms with Gasteiger partial charge in [-0.05, 0) is 26.0 Å². The maximum Gasteiger partial charge on any atom is 0.296 e. The third kappa shape index (κ3) is 3.02. The Bertz CT molecular complexity index is 806. The van der Waals surface area contributed by atoms with Gasteiger partial charge in [0.15, 0.2) is 5.82 Å². The van der Waals surface area contributed by atoms with Gasteiger partial charge in [-0.3, -0.25) is 4.57 Å². The fraction of sp³-hybridized carbons (Fsp3) is 0.273. The van der Waals surface area contributed by atoms with Crippen molar-refractivity contribution in [2.24, 2.45) is 0 Å². The van der Waals surface area contributed by atoms with Crippen molar-refractivity contribution in [1.82, 2.24) is 14.8 Å². The first-order valence-corrected chi connectivity index (χ1v) is 8.36. The molecule has 21 heavy (non-hydrogen) atoms. The van der Waals surface area contributed by atoms with Gasteiger partial charge in [-0.25, -0.2) is 17.2 Å². The monoisotopic (exact) mass is 355 g/mol. The lowest BCUT2D eigenvalue weighted by molar-refractivity contribution is 0.528. The molecule has 2 rings (SSSR count). The molecule has 1 heterocycles. The van der Waals surface area contributed by atoms with E-state index < -0.39 is 36.9 Å². The molecule has 0 saturated carbocycles. The van der Waals surface area contributed by atoms with Crippen LogP contribution in [0.5, 0.6) is 0 Å². The van der Waals surface area contributed by atoms with Gasteiger partial charge in [-0.15, -0.1) is 10.2 Å². The van der Waals surface area contributed by atoms with Crippen LogP contribution in [-0.2, 0) is 9.05 Å². The highest BCUT2D eigenvalue weighted by molar-refractivity contribution is 8.13. The van der Waals surface area contributed by atoms with Crippen molar-refractivity contribution in [2.75, 3.05) is 0 Å². The van der Waals surface area contributed by atoms with Crippen molar-refractivity contribution < 1.29 is 17.2 Å². The zero-order valence-corrected chi connectivity index (χ0v) is 13.1. The van der Waals surface area contributed by atoms with Crippen molar-refractivity contribution in [3.8, 4) is 11.4 Å². The molecular formula is C11H9Cl2F2N3O2S. The second-order valence-electron chi connectivity index (χ2n) is 4.45. The number of hydrogen-bond acceptors (Lipinski definition) is 4. The highest BCUT2D eigenvalue weighted by Crippen LogP contribution is 2.30. The van der Waals surface area contributed by atoms with Crippen LogP contribution < -0.4 is 0 Å². The first-order valence-electron chi connectivity index (χ1n) is 5.67. The van der Waals surface area contributed by atoms with Crippen molar-refractivity contribution in [3.05, 3.63) is 28.8 Å². The summed E-state index contributed by atoms with van der Waals surface area (Å²) in [4.78, 5) is 0. The van der Waals surface area contributed by atoms with Gasteiger partial charge >= 0.3 is 0 Å². The maximum absolute atomic E-state index is 14.0. The zero-order chi connectivity index (χ0) is 15.9. The van der Waals surface area contributed by atoms with Crippen LogP contribution in [0.3, 0.4) is 0 Å². The van der Waals surface area contributed by atoms with Crippen molar-refractivity contribution in [3.63, 3.8) is 0 Å². The molecule has 0 aliphatic heterocycles. The Morgan fingerprint density at radius 3 is 2.33 bits per heavy atom. The predicted octanol–water partition coefficient (Wildman–Crippen LogP) is 3.39. The summed E-state index contributed by atoms with van der Waals surface area (Å²) in [6, 6.07) is 1.16. The van der Waals surface area contributed by atoms with Crippen LogP contribution in [0.4, 0.5) is 8.78 Å². The van der Waals surface area contributed by atoms with E-state index in [1.807, 2.05) is 0 Å². The summed E-state index contributed by atoms with van der Waals surface area (Å²) in [6.45, 7) is 3.26. The first-order chi connectivity index (χ1) is 9.62. The minimum absolute atomic E-state index is 0.155. The Labute approximate surface area is 128 Å². The van der Waals surface area contributed by atoms with Crippen molar-refractivity contribution >= 4 is 31.3 Å². The van der Waals surface area contributed by atoms with E-state index in [1.165, 1.54) is 0 Å². The third-order valence-corrected chi connectivity index (χ3v) is 4.07. The molecule has 0 bridgehead atoms. The molecule has 2 aromatic rings. The van der Waals surface area contributed by atoms with Gasteiger partial charge in [0.2, 0.25) is 0 Å². The summed E-state index contributed by atoms with van der Waals surface area (Å²) >= 11 is 5.48. The lowest BCUT2D eigenvalue weighted by atomic mass is 10.2. The Balaban J connectivity index is 2.77. The van der Waals surface area contributed by atoms with E-state index in [0.29, 0.717) is 0 Å². The Kier molecular flexibility index (Phi) is 4.23. The number of halogens is 4. The van der Waals surface area contributed by atoms with Gasteiger partial charge in [-0.1, -0.05) is 11.6 Å². The summed E-state index contributed by atoms with van der Waals surface area (Å²) in [6.07, 6.45) is 0. The topological polar surface area (TPSA) is 64.8 Å². The first kappa shape index (κ1) is 16.1. The molecule has 5 nitrogen and oxygen atoms in total. The standard InChI is InChI=1S/C11H9Cl2F2N3O2S/c1-5(2)18-10(16-17-11(18)21(13,19)20)6-3-9(15)7(12)4-8(6)14/h3-5H,1-2H3. The van der Waals surface area contributed by atoms with Crippen molar-refractivity contribution in [1.29, 1.82) is 0 Å². The number of rotatable bonds is 3. The maximum atomic E-state index is 14.0. The summed E-state index contributed by atoms with van der Waals surface area (Å²) in [5.74, 6) is -1.87. The molecule has 0 amide bonds. The molecule has 10 heteroatoms. The summed E-state index contributed by atoms with van der Waals surface area (Å²) in [7, 11) is 1.09. The zero-order valence-electron chi connectivity index (χ0n) is 10.8. The van der Waals surface area contributed by atoms with E-state index in [2.05, 4.69) is 10.2 Å². The molecule has 0 N–H and O–H groups in total. The molecule has 0 radical (unpaired) electrons. The molecule has 0 atom stereocenters. The smallest absolute Gasteiger partial charge is 0.294 e. The minimum atomic E-state index is -4.18. The van der Waals surface area contributed by atoms with Gasteiger partial charge in [0.25, 0.3) is 14.2 Å². The Morgan fingerprint density at radius 2 is 1.81 bits per heavy atom. The summed E-state index contributed by atoms with van der Waals surface area (Å²) < 4.78 is 51.5. The summed E-state index contributed by atoms with van der Waals surface area (Å²) in [5.41, 5.74) is -0.260. The lowest BCUT2D eigenvalue weighted by Gasteiger charge is -2.13. The molecule has 0 fully saturated rings. The van der Waals surface area contributed by atoms with E-state index >= 15 is 0 Å². The van der Waals surface area contributed by atoms with Crippen LogP contribution in [0.15, 0.2) is 17.3 Å². The molecule has 0 saturated heterocycles. The molecule has 0 aliphatic rings. The highest BCUT2D eigenvalue weighted by atomic mass is 35.7. The molecular weight excluding hydrogens is 347 g/mol. The fourth-order valence-corrected chi connectivity index (χ4v) is 2.92. The van der Waals surface area contributed by atoms with Gasteiger partial charge in [-0.2, -0.15) is 0 Å². The van der Waals surface area contributed by atoms with E-state index in [-0.39, 0.29) is 11.4 Å². The second-order valence-corrected chi connectivity index (χ2v) is 7.32. The van der Waals surface area contributed by atoms with Crippen LogP contribution in [0.2, 0.25) is 5.02 Å². The number of benzene rings is 1. The number of hydrogen-bond donors (Lipinski definition) is 0. The summed E-state index contributed by atoms with van der Waals surface area (Å²) in [5, 5.41) is 6.12. The SMILES string of the molecule is CC(C)n1c(-c2cc(F)c(Cl)cc2F)nnc1S(=O)(=O)Cl. The van der Waals surface area contributed by atoms with Crippen LogP contribution in [0.1, 0.15) is 19.9 Å². The van der Waals surface area contributed by atoms with Crippen LogP contribution in [0, 0.1) is 11.6 Å². The van der Waals surface area contributed by atoms with Crippen LogP contribution in [-0.4, -0.2) is 23.2 Å².